The Morgan fingerprint density at radius 2 is 2.18 bits per heavy atom. The fraction of sp³-hybridized carbons (Fsp3) is 0.125. The van der Waals surface area contributed by atoms with Crippen molar-refractivity contribution in [2.24, 2.45) is 0 Å². The maximum Gasteiger partial charge on any atom is 0.0665 e. The van der Waals surface area contributed by atoms with E-state index in [0.717, 1.165) is 16.2 Å². The Balaban J connectivity index is 2.93. The van der Waals surface area contributed by atoms with Gasteiger partial charge in [0.25, 0.3) is 0 Å². The van der Waals surface area contributed by atoms with Gasteiger partial charge in [-0.15, -0.1) is 0 Å². The van der Waals surface area contributed by atoms with Crippen LogP contribution in [0.15, 0.2) is 24.4 Å². The molecule has 0 radical (unpaired) electrons. The highest BCUT2D eigenvalue weighted by Gasteiger charge is 1.99. The first-order chi connectivity index (χ1) is 5.29. The summed E-state index contributed by atoms with van der Waals surface area (Å²) in [5.74, 6) is 0. The van der Waals surface area contributed by atoms with Crippen molar-refractivity contribution in [3.8, 4) is 0 Å². The highest BCUT2D eigenvalue weighted by atomic mass is 35.5. The maximum atomic E-state index is 5.88. The molecule has 56 valence electrons. The Morgan fingerprint density at radius 1 is 1.36 bits per heavy atom. The predicted molar refractivity (Wildman–Crippen MR) is 44.9 cm³/mol. The van der Waals surface area contributed by atoms with E-state index in [2.05, 4.69) is 5.10 Å². The van der Waals surface area contributed by atoms with Crippen LogP contribution in [-0.2, 0) is 0 Å². The van der Waals surface area contributed by atoms with Gasteiger partial charge in [-0.2, -0.15) is 5.10 Å². The summed E-state index contributed by atoms with van der Waals surface area (Å²) in [6, 6.07) is 5.78. The lowest BCUT2D eigenvalue weighted by molar-refractivity contribution is 0.915. The van der Waals surface area contributed by atoms with Crippen LogP contribution >= 0.6 is 11.6 Å². The Kier molecular flexibility index (Phi) is 1.36. The monoisotopic (exact) mass is 166 g/mol. The molecule has 2 aromatic heterocycles. The molecule has 0 N–H and O–H groups in total. The number of rotatable bonds is 0. The first-order valence-electron chi connectivity index (χ1n) is 3.38. The van der Waals surface area contributed by atoms with E-state index in [1.807, 2.05) is 29.6 Å². The highest BCUT2D eigenvalue weighted by molar-refractivity contribution is 6.31. The number of fused-ring (bicyclic) bond motifs is 1. The molecule has 0 aliphatic heterocycles. The second-order valence-electron chi connectivity index (χ2n) is 2.43. The summed E-state index contributed by atoms with van der Waals surface area (Å²) in [7, 11) is 0. The molecule has 0 amide bonds. The van der Waals surface area contributed by atoms with E-state index in [4.69, 9.17) is 11.6 Å². The second-order valence-corrected chi connectivity index (χ2v) is 2.84. The molecule has 0 spiro atoms. The molecule has 3 heteroatoms. The van der Waals surface area contributed by atoms with Crippen molar-refractivity contribution in [2.45, 2.75) is 6.92 Å². The summed E-state index contributed by atoms with van der Waals surface area (Å²) in [5, 5.41) is 4.86. The highest BCUT2D eigenvalue weighted by Crippen LogP contribution is 2.15. The molecule has 0 unspecified atom stereocenters. The minimum absolute atomic E-state index is 0.751. The van der Waals surface area contributed by atoms with Crippen molar-refractivity contribution >= 4 is 17.1 Å². The van der Waals surface area contributed by atoms with Gasteiger partial charge in [-0.1, -0.05) is 11.6 Å². The zero-order chi connectivity index (χ0) is 7.84. The van der Waals surface area contributed by atoms with E-state index in [-0.39, 0.29) is 0 Å². The van der Waals surface area contributed by atoms with Crippen molar-refractivity contribution in [1.29, 1.82) is 0 Å². The van der Waals surface area contributed by atoms with Gasteiger partial charge in [0.05, 0.1) is 16.2 Å². The van der Waals surface area contributed by atoms with Gasteiger partial charge in [0, 0.05) is 6.20 Å². The Labute approximate surface area is 69.4 Å². The van der Waals surface area contributed by atoms with Crippen molar-refractivity contribution < 1.29 is 0 Å². The molecule has 11 heavy (non-hydrogen) atoms. The largest absolute Gasteiger partial charge is 0.237 e. The van der Waals surface area contributed by atoms with Crippen molar-refractivity contribution in [3.63, 3.8) is 0 Å². The van der Waals surface area contributed by atoms with Crippen molar-refractivity contribution in [1.82, 2.24) is 9.61 Å². The minimum Gasteiger partial charge on any atom is -0.237 e. The molecule has 2 heterocycles. The SMILES string of the molecule is Cc1c(Cl)ccc2ccnn12. The van der Waals surface area contributed by atoms with Gasteiger partial charge < -0.3 is 0 Å². The molecule has 0 saturated carbocycles. The van der Waals surface area contributed by atoms with E-state index in [1.165, 1.54) is 0 Å². The Hall–Kier alpha value is -1.02. The van der Waals surface area contributed by atoms with Gasteiger partial charge in [0.2, 0.25) is 0 Å². The number of hydrogen-bond donors (Lipinski definition) is 0. The predicted octanol–water partition coefficient (Wildman–Crippen LogP) is 2.30. The fourth-order valence-electron chi connectivity index (χ4n) is 1.10. The lowest BCUT2D eigenvalue weighted by Crippen LogP contribution is -1.92. The molecule has 0 fully saturated rings. The van der Waals surface area contributed by atoms with Crippen LogP contribution in [0.5, 0.6) is 0 Å². The first-order valence-corrected chi connectivity index (χ1v) is 3.76. The average molecular weight is 167 g/mol. The molecule has 2 aromatic rings. The van der Waals surface area contributed by atoms with Gasteiger partial charge in [0.1, 0.15) is 0 Å². The van der Waals surface area contributed by atoms with Gasteiger partial charge in [-0.05, 0) is 25.1 Å². The molecule has 0 saturated heterocycles. The smallest absolute Gasteiger partial charge is 0.0665 e. The quantitative estimate of drug-likeness (QED) is 0.587. The van der Waals surface area contributed by atoms with Gasteiger partial charge in [0.15, 0.2) is 0 Å². The molecule has 0 aliphatic carbocycles. The summed E-state index contributed by atoms with van der Waals surface area (Å²) in [6.07, 6.45) is 1.76. The third-order valence-electron chi connectivity index (χ3n) is 1.74. The molecule has 2 rings (SSSR count). The number of pyridine rings is 1. The second kappa shape index (κ2) is 2.24. The topological polar surface area (TPSA) is 17.3 Å². The number of hydrogen-bond acceptors (Lipinski definition) is 1. The van der Waals surface area contributed by atoms with Crippen LogP contribution < -0.4 is 0 Å². The van der Waals surface area contributed by atoms with Gasteiger partial charge in [-0.3, -0.25) is 0 Å². The van der Waals surface area contributed by atoms with Crippen molar-refractivity contribution in [3.05, 3.63) is 35.1 Å². The van der Waals surface area contributed by atoms with Gasteiger partial charge in [-0.25, -0.2) is 4.52 Å². The summed E-state index contributed by atoms with van der Waals surface area (Å²) in [4.78, 5) is 0. The maximum absolute atomic E-state index is 5.88. The van der Waals surface area contributed by atoms with E-state index < -0.39 is 0 Å². The van der Waals surface area contributed by atoms with E-state index >= 15 is 0 Å². The minimum atomic E-state index is 0.751. The van der Waals surface area contributed by atoms with E-state index in [9.17, 15) is 0 Å². The van der Waals surface area contributed by atoms with Crippen LogP contribution in [0.2, 0.25) is 5.02 Å². The molecule has 0 atom stereocenters. The molecule has 2 nitrogen and oxygen atoms in total. The molecule has 0 bridgehead atoms. The number of halogens is 1. The van der Waals surface area contributed by atoms with Crippen LogP contribution in [-0.4, -0.2) is 9.61 Å². The molecule has 0 aliphatic rings. The van der Waals surface area contributed by atoms with Crippen LogP contribution in [0.4, 0.5) is 0 Å². The molecular formula is C8H7ClN2. The van der Waals surface area contributed by atoms with E-state index in [0.29, 0.717) is 0 Å². The third kappa shape index (κ3) is 0.906. The number of aromatic nitrogens is 2. The first kappa shape index (κ1) is 6.68. The van der Waals surface area contributed by atoms with E-state index in [1.54, 1.807) is 6.20 Å². The van der Waals surface area contributed by atoms with Crippen LogP contribution in [0.3, 0.4) is 0 Å². The number of nitrogens with zero attached hydrogens (tertiary/aromatic N) is 2. The van der Waals surface area contributed by atoms with Crippen LogP contribution in [0.1, 0.15) is 5.69 Å². The molecular weight excluding hydrogens is 160 g/mol. The van der Waals surface area contributed by atoms with Gasteiger partial charge >= 0.3 is 0 Å². The summed E-state index contributed by atoms with van der Waals surface area (Å²) < 4.78 is 1.82. The van der Waals surface area contributed by atoms with Crippen LogP contribution in [0, 0.1) is 6.92 Å². The zero-order valence-electron chi connectivity index (χ0n) is 6.08. The third-order valence-corrected chi connectivity index (χ3v) is 2.14. The fourth-order valence-corrected chi connectivity index (χ4v) is 1.24. The zero-order valence-corrected chi connectivity index (χ0v) is 6.84. The molecule has 0 aromatic carbocycles. The number of aryl methyl sites for hydroxylation is 1. The van der Waals surface area contributed by atoms with Crippen molar-refractivity contribution in [2.75, 3.05) is 0 Å². The standard InChI is InChI=1S/C8H7ClN2/c1-6-8(9)3-2-7-4-5-10-11(6)7/h2-5H,1H3. The summed E-state index contributed by atoms with van der Waals surface area (Å²) >= 11 is 5.88. The summed E-state index contributed by atoms with van der Waals surface area (Å²) in [5.41, 5.74) is 2.06. The lowest BCUT2D eigenvalue weighted by atomic mass is 10.3. The Bertz CT molecular complexity index is 392. The lowest BCUT2D eigenvalue weighted by Gasteiger charge is -1.99. The van der Waals surface area contributed by atoms with Crippen LogP contribution in [0.25, 0.3) is 5.52 Å². The summed E-state index contributed by atoms with van der Waals surface area (Å²) in [6.45, 7) is 1.95. The Morgan fingerprint density at radius 3 is 3.00 bits per heavy atom. The normalized spacial score (nSPS) is 10.7. The average Bonchev–Trinajstić information content (AvgIpc) is 2.45.